The Morgan fingerprint density at radius 1 is 0.566 bits per heavy atom. The zero-order chi connectivity index (χ0) is 60.0. The molecule has 28 heteroatoms. The number of amides is 5. The average Bonchev–Trinajstić information content (AvgIpc) is 4.02. The van der Waals surface area contributed by atoms with Gasteiger partial charge >= 0.3 is 41.8 Å². The summed E-state index contributed by atoms with van der Waals surface area (Å²) in [5.41, 5.74) is 1.15. The third kappa shape index (κ3) is 21.2. The van der Waals surface area contributed by atoms with Gasteiger partial charge in [0.2, 0.25) is 17.7 Å². The molecule has 28 nitrogen and oxygen atoms in total. The number of fused-ring (bicyclic) bond motifs is 2. The SMILES string of the molecule is O=C(O)CCC[C@H](NC(=O)N[C@@H](CCn1cc(CNC(=O)[C@H](Cc2c3ccccc3cc3ccccc23)NC(=O)[C@H]2CC[C@H](CNC(=O)CN3CCN(CC(=O)O)CCN(CC(=O)O)CCN(CC(=O)O)CC3)CC2)nn1)C(=O)O)C(=O)O. The number of aromatic nitrogens is 3. The Morgan fingerprint density at radius 3 is 1.55 bits per heavy atom. The Balaban J connectivity index is 1.06. The van der Waals surface area contributed by atoms with Gasteiger partial charge in [-0.15, -0.1) is 5.10 Å². The maximum atomic E-state index is 14.3. The number of hydrogen-bond donors (Lipinski definition) is 11. The molecule has 2 aliphatic rings. The number of rotatable bonds is 28. The Kier molecular flexibility index (Phi) is 24.4. The Hall–Kier alpha value is -8.34. The minimum Gasteiger partial charge on any atom is -0.481 e. The minimum atomic E-state index is -1.48. The largest absolute Gasteiger partial charge is 0.481 e. The molecule has 1 saturated heterocycles. The van der Waals surface area contributed by atoms with Crippen molar-refractivity contribution in [2.45, 2.75) is 89.0 Å². The van der Waals surface area contributed by atoms with Crippen LogP contribution >= 0.6 is 0 Å². The molecular formula is C55H74N12O16. The molecule has 0 spiro atoms. The first-order valence-corrected chi connectivity index (χ1v) is 27.6. The fourth-order valence-corrected chi connectivity index (χ4v) is 10.4. The second-order valence-corrected chi connectivity index (χ2v) is 21.0. The maximum absolute atomic E-state index is 14.3. The zero-order valence-corrected chi connectivity index (χ0v) is 46.0. The Morgan fingerprint density at radius 2 is 1.06 bits per heavy atom. The van der Waals surface area contributed by atoms with E-state index in [1.807, 2.05) is 53.4 Å². The second kappa shape index (κ2) is 31.8. The van der Waals surface area contributed by atoms with E-state index < -0.39 is 71.8 Å². The quantitative estimate of drug-likeness (QED) is 0.0338. The van der Waals surface area contributed by atoms with Crippen LogP contribution in [0.1, 0.15) is 62.6 Å². The predicted molar refractivity (Wildman–Crippen MR) is 297 cm³/mol. The van der Waals surface area contributed by atoms with Crippen LogP contribution in [0.15, 0.2) is 60.8 Å². The van der Waals surface area contributed by atoms with E-state index in [0.29, 0.717) is 51.0 Å². The molecule has 2 heterocycles. The molecule has 0 radical (unpaired) electrons. The van der Waals surface area contributed by atoms with E-state index >= 15 is 0 Å². The van der Waals surface area contributed by atoms with Gasteiger partial charge in [0.25, 0.3) is 0 Å². The molecule has 450 valence electrons. The van der Waals surface area contributed by atoms with Crippen LogP contribution in [0.4, 0.5) is 4.79 Å². The van der Waals surface area contributed by atoms with Gasteiger partial charge in [0.05, 0.1) is 38.9 Å². The van der Waals surface area contributed by atoms with Gasteiger partial charge < -0.3 is 57.2 Å². The van der Waals surface area contributed by atoms with Crippen LogP contribution in [0, 0.1) is 11.8 Å². The van der Waals surface area contributed by atoms with Crippen molar-refractivity contribution in [3.8, 4) is 0 Å². The summed E-state index contributed by atoms with van der Waals surface area (Å²) in [6, 6.07) is 12.5. The highest BCUT2D eigenvalue weighted by Gasteiger charge is 2.32. The minimum absolute atomic E-state index is 0.0361. The predicted octanol–water partition coefficient (Wildman–Crippen LogP) is 0.177. The van der Waals surface area contributed by atoms with Gasteiger partial charge in [0.15, 0.2) is 0 Å². The van der Waals surface area contributed by atoms with Crippen molar-refractivity contribution in [3.05, 3.63) is 72.1 Å². The molecular weight excluding hydrogens is 1080 g/mol. The molecule has 3 aromatic carbocycles. The maximum Gasteiger partial charge on any atom is 0.326 e. The van der Waals surface area contributed by atoms with Crippen molar-refractivity contribution < 1.29 is 78.6 Å². The molecule has 1 aliphatic carbocycles. The van der Waals surface area contributed by atoms with Gasteiger partial charge in [-0.25, -0.2) is 14.4 Å². The van der Waals surface area contributed by atoms with E-state index in [-0.39, 0.29) is 128 Å². The van der Waals surface area contributed by atoms with Crippen LogP contribution in [0.3, 0.4) is 0 Å². The highest BCUT2D eigenvalue weighted by molar-refractivity contribution is 6.03. The fourth-order valence-electron chi connectivity index (χ4n) is 10.4. The van der Waals surface area contributed by atoms with Crippen LogP contribution in [0.5, 0.6) is 0 Å². The number of benzene rings is 3. The average molecular weight is 1160 g/mol. The lowest BCUT2D eigenvalue weighted by molar-refractivity contribution is -0.141. The third-order valence-corrected chi connectivity index (χ3v) is 14.9. The van der Waals surface area contributed by atoms with E-state index in [2.05, 4.69) is 43.0 Å². The number of carbonyl (C=O) groups is 10. The molecule has 1 aliphatic heterocycles. The number of carboxylic acids is 6. The van der Waals surface area contributed by atoms with Crippen molar-refractivity contribution in [3.63, 3.8) is 0 Å². The van der Waals surface area contributed by atoms with Gasteiger partial charge in [-0.3, -0.25) is 57.8 Å². The molecule has 0 bridgehead atoms. The van der Waals surface area contributed by atoms with Crippen molar-refractivity contribution in [1.29, 1.82) is 0 Å². The molecule has 6 rings (SSSR count). The van der Waals surface area contributed by atoms with Crippen LogP contribution in [-0.4, -0.2) is 228 Å². The molecule has 3 atom stereocenters. The molecule has 1 aromatic heterocycles. The molecule has 2 fully saturated rings. The zero-order valence-electron chi connectivity index (χ0n) is 46.0. The van der Waals surface area contributed by atoms with Crippen LogP contribution in [0.2, 0.25) is 0 Å². The van der Waals surface area contributed by atoms with Crippen molar-refractivity contribution in [1.82, 2.24) is 61.2 Å². The van der Waals surface area contributed by atoms with E-state index in [4.69, 9.17) is 5.11 Å². The Bertz CT molecular complexity index is 2850. The van der Waals surface area contributed by atoms with Crippen LogP contribution < -0.4 is 26.6 Å². The lowest BCUT2D eigenvalue weighted by Crippen LogP contribution is -2.51. The van der Waals surface area contributed by atoms with Crippen molar-refractivity contribution in [2.24, 2.45) is 11.8 Å². The number of aryl methyl sites for hydroxylation is 1. The lowest BCUT2D eigenvalue weighted by Gasteiger charge is -2.33. The fraction of sp³-hybridized carbons (Fsp3) is 0.527. The molecule has 11 N–H and O–H groups in total. The number of nitrogens with zero attached hydrogens (tertiary/aromatic N) is 7. The Labute approximate surface area is 477 Å². The number of urea groups is 1. The number of hydrogen-bond acceptors (Lipinski definition) is 16. The molecule has 5 amide bonds. The standard InChI is InChI=1S/C55H74N12O16/c68-46(31-63-18-20-64(32-48(71)72)22-24-66(34-50(75)76)25-23-65(21-19-63)33-49(73)74)56-28-35-12-14-36(15-13-35)51(77)58-45(27-42-40-8-3-1-6-37(40)26-38-7-2-4-9-41(38)42)52(78)57-29-39-30-67(62-61-39)17-16-44(54(81)82)60-55(83)59-43(53(79)80)10-5-11-47(69)70/h1-4,6-9,26,30,35-36,43-45H,5,10-25,27-29,31-34H2,(H,56,68)(H,57,78)(H,58,77)(H,69,70)(H,71,72)(H,73,74)(H,75,76)(H,79,80)(H,81,82)(H2,59,60,83)/t35-,36-,43-,44-,45-/m0/s1. The molecule has 4 aromatic rings. The molecule has 83 heavy (non-hydrogen) atoms. The summed E-state index contributed by atoms with van der Waals surface area (Å²) < 4.78 is 1.31. The summed E-state index contributed by atoms with van der Waals surface area (Å²) in [4.78, 5) is 131. The van der Waals surface area contributed by atoms with E-state index in [1.165, 1.54) is 10.9 Å². The topological polar surface area (TPSA) is 396 Å². The highest BCUT2D eigenvalue weighted by Crippen LogP contribution is 2.31. The van der Waals surface area contributed by atoms with Gasteiger partial charge in [0.1, 0.15) is 23.8 Å². The summed E-state index contributed by atoms with van der Waals surface area (Å²) in [6.07, 6.45) is 3.02. The van der Waals surface area contributed by atoms with Crippen LogP contribution in [0.25, 0.3) is 21.5 Å². The highest BCUT2D eigenvalue weighted by atomic mass is 16.4. The van der Waals surface area contributed by atoms with Crippen molar-refractivity contribution in [2.75, 3.05) is 85.1 Å². The molecule has 0 unspecified atom stereocenters. The van der Waals surface area contributed by atoms with E-state index in [0.717, 1.165) is 27.1 Å². The van der Waals surface area contributed by atoms with Gasteiger partial charge in [0, 0.05) is 84.2 Å². The monoisotopic (exact) mass is 1160 g/mol. The van der Waals surface area contributed by atoms with Gasteiger partial charge in [-0.1, -0.05) is 53.7 Å². The van der Waals surface area contributed by atoms with E-state index in [9.17, 15) is 73.5 Å². The van der Waals surface area contributed by atoms with Gasteiger partial charge in [-0.05, 0) is 84.0 Å². The lowest BCUT2D eigenvalue weighted by atomic mass is 9.81. The van der Waals surface area contributed by atoms with Crippen molar-refractivity contribution >= 4 is 81.1 Å². The summed E-state index contributed by atoms with van der Waals surface area (Å²) in [5, 5.41) is 82.0. The normalized spacial score (nSPS) is 18.1. The summed E-state index contributed by atoms with van der Waals surface area (Å²) >= 11 is 0. The summed E-state index contributed by atoms with van der Waals surface area (Å²) in [6.45, 7) is 1.36. The number of carbonyl (C=O) groups excluding carboxylic acids is 4. The first kappa shape index (κ1) is 63.8. The first-order chi connectivity index (χ1) is 39.7. The summed E-state index contributed by atoms with van der Waals surface area (Å²) in [7, 11) is 0. The first-order valence-electron chi connectivity index (χ1n) is 27.6. The van der Waals surface area contributed by atoms with Crippen LogP contribution in [-0.2, 0) is 62.7 Å². The smallest absolute Gasteiger partial charge is 0.326 e. The van der Waals surface area contributed by atoms with Gasteiger partial charge in [-0.2, -0.15) is 0 Å². The number of aliphatic carboxylic acids is 6. The molecule has 1 saturated carbocycles. The summed E-state index contributed by atoms with van der Waals surface area (Å²) in [5.74, 6) is -8.63. The number of nitrogens with one attached hydrogen (secondary N) is 5. The number of carboxylic acid groups (broad SMARTS) is 6. The third-order valence-electron chi connectivity index (χ3n) is 14.9. The second-order valence-electron chi connectivity index (χ2n) is 21.0. The van der Waals surface area contributed by atoms with E-state index in [1.54, 1.807) is 14.7 Å².